The number of rotatable bonds is 2. The van der Waals surface area contributed by atoms with Gasteiger partial charge in [-0.25, -0.2) is 0 Å². The van der Waals surface area contributed by atoms with Crippen LogP contribution in [0.5, 0.6) is 0 Å². The van der Waals surface area contributed by atoms with E-state index >= 15 is 0 Å². The molecule has 0 radical (unpaired) electrons. The van der Waals surface area contributed by atoms with Gasteiger partial charge in [-0.1, -0.05) is 31.9 Å². The summed E-state index contributed by atoms with van der Waals surface area (Å²) >= 11 is 5.76. The smallest absolute Gasteiger partial charge is 0.0595 e. The molecule has 0 fully saturated rings. The van der Waals surface area contributed by atoms with Gasteiger partial charge in [0.1, 0.15) is 0 Å². The average Bonchev–Trinajstić information content (AvgIpc) is 1.83. The fourth-order valence-corrected chi connectivity index (χ4v) is 0. The zero-order valence-corrected chi connectivity index (χ0v) is 15.0. The third kappa shape index (κ3) is 22.5. The average molecular weight is 462 g/mol. The topological polar surface area (TPSA) is 112 Å². The molecule has 0 aliphatic rings. The van der Waals surface area contributed by atoms with Crippen molar-refractivity contribution in [3.05, 3.63) is 0 Å². The van der Waals surface area contributed by atoms with E-state index in [9.17, 15) is 19.8 Å². The molecule has 2 N–H and O–H groups in total. The maximum atomic E-state index is 9.86. The number of carbonyl (C=O) groups excluding carboxylic acids is 2. The molecular weight excluding hydrogens is 448 g/mol. The summed E-state index contributed by atoms with van der Waals surface area (Å²) in [6.45, 7) is 6.06. The third-order valence-electron chi connectivity index (χ3n) is 0.971. The normalized spacial score (nSPS) is 9.29. The van der Waals surface area contributed by atoms with Crippen LogP contribution in [0.2, 0.25) is 0 Å². The van der Waals surface area contributed by atoms with E-state index in [1.807, 2.05) is 0 Å². The first-order valence-electron chi connectivity index (χ1n) is 3.69. The summed E-state index contributed by atoms with van der Waals surface area (Å²) in [5.41, 5.74) is 0. The van der Waals surface area contributed by atoms with E-state index in [0.717, 1.165) is 0 Å². The largest absolute Gasteiger partial charge is 0.549 e. The fraction of sp³-hybridized carbons (Fsp3) is 0.750. The quantitative estimate of drug-likeness (QED) is 0.387. The molecule has 0 aliphatic heterocycles. The predicted octanol–water partition coefficient (Wildman–Crippen LogP) is -1.01. The van der Waals surface area contributed by atoms with Gasteiger partial charge in [-0.3, -0.25) is 0 Å². The molecule has 0 amide bonds. The van der Waals surface area contributed by atoms with Crippen LogP contribution in [0.25, 0.3) is 0 Å². The van der Waals surface area contributed by atoms with Crippen molar-refractivity contribution in [2.24, 2.45) is 0 Å². The van der Waals surface area contributed by atoms with Crippen molar-refractivity contribution >= 4 is 43.8 Å². The Hall–Kier alpha value is 0.899. The Kier molecular flexibility index (Phi) is 21.6. The van der Waals surface area contributed by atoms with Gasteiger partial charge in [-0.05, 0) is 27.7 Å². The molecule has 0 atom stereocenters. The van der Waals surface area contributed by atoms with Gasteiger partial charge < -0.3 is 25.3 Å². The summed E-state index contributed by atoms with van der Waals surface area (Å²) in [5.74, 6) is -2.18. The van der Waals surface area contributed by atoms with Crippen molar-refractivity contribution in [3.8, 4) is 0 Å². The van der Waals surface area contributed by atoms with E-state index < -0.39 is 20.6 Å². The van der Waals surface area contributed by atoms with Gasteiger partial charge in [0.15, 0.2) is 0 Å². The second-order valence-electron chi connectivity index (χ2n) is 3.52. The molecule has 0 spiro atoms. The third-order valence-corrected chi connectivity index (χ3v) is 1.62. The molecule has 0 aromatic heterocycles. The monoisotopic (exact) mass is 460 g/mol. The summed E-state index contributed by atoms with van der Waals surface area (Å²) in [7, 11) is 0. The number of halogens is 2. The second kappa shape index (κ2) is 12.0. The second-order valence-corrected chi connectivity index (χ2v) is 7.48. The minimum atomic E-state index is -1.09. The van der Waals surface area contributed by atoms with Crippen LogP contribution in [-0.2, 0) is 43.7 Å². The molecule has 0 aromatic carbocycles. The molecule has 108 valence electrons. The first kappa shape index (κ1) is 30.7. The van der Waals surface area contributed by atoms with Crippen molar-refractivity contribution in [2.45, 2.75) is 36.3 Å². The van der Waals surface area contributed by atoms with Gasteiger partial charge in [0, 0.05) is 34.1 Å². The Bertz CT molecular complexity index is 199. The zero-order valence-electron chi connectivity index (χ0n) is 9.60. The molecule has 9 heteroatoms. The van der Waals surface area contributed by atoms with Crippen molar-refractivity contribution in [1.82, 2.24) is 0 Å². The van der Waals surface area contributed by atoms with Gasteiger partial charge in [-0.2, -0.15) is 0 Å². The molecule has 5 nitrogen and oxygen atoms in total. The Morgan fingerprint density at radius 1 is 0.824 bits per heavy atom. The van der Waals surface area contributed by atoms with Gasteiger partial charge in [0.2, 0.25) is 0 Å². The van der Waals surface area contributed by atoms with Crippen molar-refractivity contribution in [2.75, 3.05) is 0 Å². The van der Waals surface area contributed by atoms with Crippen LogP contribution in [0.15, 0.2) is 0 Å². The summed E-state index contributed by atoms with van der Waals surface area (Å²) in [5, 5.41) is 19.7. The van der Waals surface area contributed by atoms with E-state index in [1.54, 1.807) is 0 Å². The SMILES string of the molecule is CC(C)(Br)C(=O)[O-].CC(C)(Br)C(=O)[O-].O.[Fe].[Fe]. The number of aliphatic carboxylic acids is 2. The van der Waals surface area contributed by atoms with Crippen LogP contribution in [0.3, 0.4) is 0 Å². The maximum Gasteiger partial charge on any atom is 0.0595 e. The summed E-state index contributed by atoms with van der Waals surface area (Å²) in [4.78, 5) is 19.7. The van der Waals surface area contributed by atoms with Crippen LogP contribution in [0, 0.1) is 0 Å². The van der Waals surface area contributed by atoms with Gasteiger partial charge in [0.05, 0.1) is 20.6 Å². The fourth-order valence-electron chi connectivity index (χ4n) is 0. The summed E-state index contributed by atoms with van der Waals surface area (Å²) in [6, 6.07) is 0. The zero-order chi connectivity index (χ0) is 12.2. The molecule has 17 heavy (non-hydrogen) atoms. The van der Waals surface area contributed by atoms with Crippen LogP contribution >= 0.6 is 31.9 Å². The van der Waals surface area contributed by atoms with Crippen LogP contribution in [-0.4, -0.2) is 26.1 Å². The van der Waals surface area contributed by atoms with Crippen molar-refractivity contribution in [1.29, 1.82) is 0 Å². The number of carbonyl (C=O) groups is 2. The molecule has 0 aromatic rings. The van der Waals surface area contributed by atoms with Gasteiger partial charge >= 0.3 is 0 Å². The number of alkyl halides is 2. The molecule has 0 saturated carbocycles. The van der Waals surface area contributed by atoms with E-state index in [0.29, 0.717) is 0 Å². The van der Waals surface area contributed by atoms with Crippen LogP contribution < -0.4 is 10.2 Å². The maximum absolute atomic E-state index is 9.86. The minimum absolute atomic E-state index is 0. The number of hydrogen-bond donors (Lipinski definition) is 0. The van der Waals surface area contributed by atoms with E-state index in [-0.39, 0.29) is 39.6 Å². The first-order valence-corrected chi connectivity index (χ1v) is 5.28. The molecule has 0 bridgehead atoms. The predicted molar refractivity (Wildman–Crippen MR) is 59.6 cm³/mol. The first-order chi connectivity index (χ1) is 5.89. The van der Waals surface area contributed by atoms with Crippen LogP contribution in [0.1, 0.15) is 27.7 Å². The molecule has 0 saturated heterocycles. The van der Waals surface area contributed by atoms with Crippen molar-refractivity contribution < 1.29 is 59.4 Å². The molecule has 0 aliphatic carbocycles. The Balaban J connectivity index is -0.0000000480. The summed E-state index contributed by atoms with van der Waals surface area (Å²) < 4.78 is -1.76. The van der Waals surface area contributed by atoms with E-state index in [4.69, 9.17) is 0 Å². The number of carboxylic acid groups (broad SMARTS) is 2. The van der Waals surface area contributed by atoms with Crippen molar-refractivity contribution in [3.63, 3.8) is 0 Å². The molecule has 0 rings (SSSR count). The van der Waals surface area contributed by atoms with E-state index in [1.165, 1.54) is 27.7 Å². The Morgan fingerprint density at radius 3 is 0.882 bits per heavy atom. The molecular formula is C8H14Br2Fe2O5-2. The minimum Gasteiger partial charge on any atom is -0.549 e. The number of hydrogen-bond acceptors (Lipinski definition) is 4. The molecule has 0 heterocycles. The van der Waals surface area contributed by atoms with Gasteiger partial charge in [0.25, 0.3) is 0 Å². The van der Waals surface area contributed by atoms with Crippen LogP contribution in [0.4, 0.5) is 0 Å². The van der Waals surface area contributed by atoms with E-state index in [2.05, 4.69) is 31.9 Å². The number of carboxylic acids is 2. The summed E-state index contributed by atoms with van der Waals surface area (Å²) in [6.07, 6.45) is 0. The standard InChI is InChI=1S/2C4H7BrO2.2Fe.H2O/c2*1-4(2,5)3(6)7;;;/h2*1-2H3,(H,6,7);;;1H2/p-2. The molecule has 0 unspecified atom stereocenters. The Labute approximate surface area is 139 Å². The Morgan fingerprint density at radius 2 is 0.882 bits per heavy atom. The van der Waals surface area contributed by atoms with Gasteiger partial charge in [-0.15, -0.1) is 0 Å².